The highest BCUT2D eigenvalue weighted by Crippen LogP contribution is 2.36. The number of benzene rings is 2. The average Bonchev–Trinajstić information content (AvgIpc) is 3.20. The Kier molecular flexibility index (Phi) is 7.05. The maximum atomic E-state index is 11.2. The number of fused-ring (bicyclic) bond motifs is 1. The van der Waals surface area contributed by atoms with Gasteiger partial charge in [-0.3, -0.25) is 0 Å². The molecule has 1 aliphatic rings. The summed E-state index contributed by atoms with van der Waals surface area (Å²) in [5.41, 5.74) is 6.00. The minimum atomic E-state index is -0.749. The second-order valence-corrected chi connectivity index (χ2v) is 7.14. The van der Waals surface area contributed by atoms with E-state index in [1.807, 2.05) is 12.1 Å². The van der Waals surface area contributed by atoms with E-state index in [0.29, 0.717) is 18.8 Å². The Morgan fingerprint density at radius 1 is 1.04 bits per heavy atom. The zero-order chi connectivity index (χ0) is 19.9. The van der Waals surface area contributed by atoms with Crippen molar-refractivity contribution < 1.29 is 14.6 Å². The first-order valence-corrected chi connectivity index (χ1v) is 9.74. The van der Waals surface area contributed by atoms with Crippen LogP contribution in [0, 0.1) is 11.3 Å². The van der Waals surface area contributed by atoms with Crippen molar-refractivity contribution in [3.8, 4) is 6.07 Å². The Labute approximate surface area is 167 Å². The molecule has 0 saturated carbocycles. The molecule has 28 heavy (non-hydrogen) atoms. The Morgan fingerprint density at radius 2 is 1.64 bits per heavy atom. The van der Waals surface area contributed by atoms with Gasteiger partial charge in [-0.25, -0.2) is 0 Å². The first-order chi connectivity index (χ1) is 13.7. The van der Waals surface area contributed by atoms with Gasteiger partial charge >= 0.3 is 0 Å². The lowest BCUT2D eigenvalue weighted by Crippen LogP contribution is -2.32. The van der Waals surface area contributed by atoms with E-state index in [1.165, 1.54) is 11.1 Å². The standard InChI is InChI=1S/C23H28N2O3/c1-27-12-10-25(11-13-28-2)22-15-20-5-3-4-19(20)14-21(22)23(26)18-8-6-17(16-24)7-9-18/h6-9,14-15,23,26H,3-5,10-13H2,1-2H3. The minimum absolute atomic E-state index is 0.590. The number of rotatable bonds is 9. The molecular weight excluding hydrogens is 352 g/mol. The van der Waals surface area contributed by atoms with Crippen LogP contribution in [0.5, 0.6) is 0 Å². The molecule has 148 valence electrons. The molecule has 0 saturated heterocycles. The van der Waals surface area contributed by atoms with Gasteiger partial charge in [0.1, 0.15) is 6.10 Å². The summed E-state index contributed by atoms with van der Waals surface area (Å²) in [6.07, 6.45) is 2.54. The SMILES string of the molecule is COCCN(CCOC)c1cc2c(cc1C(O)c1ccc(C#N)cc1)CCC2. The molecule has 0 heterocycles. The van der Waals surface area contributed by atoms with Crippen molar-refractivity contribution in [1.82, 2.24) is 0 Å². The summed E-state index contributed by atoms with van der Waals surface area (Å²) >= 11 is 0. The van der Waals surface area contributed by atoms with E-state index in [9.17, 15) is 5.11 Å². The summed E-state index contributed by atoms with van der Waals surface area (Å²) < 4.78 is 10.6. The van der Waals surface area contributed by atoms with Gasteiger partial charge in [0, 0.05) is 38.6 Å². The number of methoxy groups -OCH3 is 2. The van der Waals surface area contributed by atoms with Gasteiger partial charge in [0.05, 0.1) is 24.8 Å². The maximum Gasteiger partial charge on any atom is 0.106 e. The summed E-state index contributed by atoms with van der Waals surface area (Å²) in [6, 6.07) is 13.7. The lowest BCUT2D eigenvalue weighted by Gasteiger charge is -2.29. The first kappa shape index (κ1) is 20.3. The average molecular weight is 380 g/mol. The number of nitrogens with zero attached hydrogens (tertiary/aromatic N) is 2. The molecule has 0 fully saturated rings. The van der Waals surface area contributed by atoms with Crippen LogP contribution in [0.15, 0.2) is 36.4 Å². The van der Waals surface area contributed by atoms with Gasteiger partial charge < -0.3 is 19.5 Å². The van der Waals surface area contributed by atoms with E-state index >= 15 is 0 Å². The molecule has 0 radical (unpaired) electrons. The lowest BCUT2D eigenvalue weighted by molar-refractivity contribution is 0.189. The molecule has 5 nitrogen and oxygen atoms in total. The van der Waals surface area contributed by atoms with Gasteiger partial charge in [0.15, 0.2) is 0 Å². The fraction of sp³-hybridized carbons (Fsp3) is 0.435. The monoisotopic (exact) mass is 380 g/mol. The predicted octanol–water partition coefficient (Wildman–Crippen LogP) is 3.23. The molecule has 0 amide bonds. The largest absolute Gasteiger partial charge is 0.384 e. The summed E-state index contributed by atoms with van der Waals surface area (Å²) in [5, 5.41) is 20.2. The highest BCUT2D eigenvalue weighted by Gasteiger charge is 2.23. The van der Waals surface area contributed by atoms with Crippen molar-refractivity contribution in [3.63, 3.8) is 0 Å². The third-order valence-corrected chi connectivity index (χ3v) is 5.36. The lowest BCUT2D eigenvalue weighted by atomic mass is 9.94. The van der Waals surface area contributed by atoms with Crippen LogP contribution in [-0.2, 0) is 22.3 Å². The van der Waals surface area contributed by atoms with E-state index in [-0.39, 0.29) is 0 Å². The van der Waals surface area contributed by atoms with Crippen LogP contribution in [0.25, 0.3) is 0 Å². The van der Waals surface area contributed by atoms with Crippen LogP contribution in [0.3, 0.4) is 0 Å². The molecule has 1 atom stereocenters. The normalized spacial score (nSPS) is 13.8. The zero-order valence-corrected chi connectivity index (χ0v) is 16.6. The van der Waals surface area contributed by atoms with E-state index in [4.69, 9.17) is 14.7 Å². The molecule has 0 bridgehead atoms. The van der Waals surface area contributed by atoms with Crippen molar-refractivity contribution in [2.75, 3.05) is 45.4 Å². The van der Waals surface area contributed by atoms with Gasteiger partial charge in [-0.2, -0.15) is 5.26 Å². The van der Waals surface area contributed by atoms with Crippen molar-refractivity contribution in [1.29, 1.82) is 5.26 Å². The fourth-order valence-corrected chi connectivity index (χ4v) is 3.80. The van der Waals surface area contributed by atoms with E-state index in [1.54, 1.807) is 26.4 Å². The van der Waals surface area contributed by atoms with E-state index < -0.39 is 6.10 Å². The highest BCUT2D eigenvalue weighted by molar-refractivity contribution is 5.61. The number of ether oxygens (including phenoxy) is 2. The Hall–Kier alpha value is -2.39. The number of aliphatic hydroxyl groups is 1. The van der Waals surface area contributed by atoms with Crippen LogP contribution in [-0.4, -0.2) is 45.6 Å². The van der Waals surface area contributed by atoms with Crippen molar-refractivity contribution >= 4 is 5.69 Å². The van der Waals surface area contributed by atoms with Crippen LogP contribution in [0.1, 0.15) is 40.3 Å². The minimum Gasteiger partial charge on any atom is -0.384 e. The van der Waals surface area contributed by atoms with Crippen molar-refractivity contribution in [3.05, 3.63) is 64.2 Å². The molecule has 0 spiro atoms. The Morgan fingerprint density at radius 3 is 2.21 bits per heavy atom. The highest BCUT2D eigenvalue weighted by atomic mass is 16.5. The quantitative estimate of drug-likeness (QED) is 0.724. The van der Waals surface area contributed by atoms with Crippen LogP contribution < -0.4 is 4.90 Å². The van der Waals surface area contributed by atoms with Crippen LogP contribution in [0.2, 0.25) is 0 Å². The first-order valence-electron chi connectivity index (χ1n) is 9.74. The van der Waals surface area contributed by atoms with Gasteiger partial charge in [0.25, 0.3) is 0 Å². The molecular formula is C23H28N2O3. The number of hydrogen-bond acceptors (Lipinski definition) is 5. The van der Waals surface area contributed by atoms with Crippen LogP contribution >= 0.6 is 0 Å². The second-order valence-electron chi connectivity index (χ2n) is 7.14. The third kappa shape index (κ3) is 4.53. The predicted molar refractivity (Wildman–Crippen MR) is 110 cm³/mol. The number of hydrogen-bond donors (Lipinski definition) is 1. The van der Waals surface area contributed by atoms with E-state index in [0.717, 1.165) is 49.2 Å². The second kappa shape index (κ2) is 9.70. The molecule has 5 heteroatoms. The topological polar surface area (TPSA) is 65.7 Å². The Balaban J connectivity index is 2.01. The van der Waals surface area contributed by atoms with Gasteiger partial charge in [-0.15, -0.1) is 0 Å². The Bertz CT molecular complexity index is 819. The molecule has 2 aromatic carbocycles. The van der Waals surface area contributed by atoms with Gasteiger partial charge in [-0.05, 0) is 54.2 Å². The van der Waals surface area contributed by atoms with Crippen molar-refractivity contribution in [2.24, 2.45) is 0 Å². The van der Waals surface area contributed by atoms with Gasteiger partial charge in [0.2, 0.25) is 0 Å². The zero-order valence-electron chi connectivity index (χ0n) is 16.6. The molecule has 0 aromatic heterocycles. The summed E-state index contributed by atoms with van der Waals surface area (Å²) in [6.45, 7) is 2.66. The number of anilines is 1. The molecule has 1 aliphatic carbocycles. The summed E-state index contributed by atoms with van der Waals surface area (Å²) in [7, 11) is 3.40. The molecule has 0 aliphatic heterocycles. The molecule has 1 unspecified atom stereocenters. The third-order valence-electron chi connectivity index (χ3n) is 5.36. The molecule has 2 aromatic rings. The summed E-state index contributed by atoms with van der Waals surface area (Å²) in [4.78, 5) is 2.23. The van der Waals surface area contributed by atoms with Crippen LogP contribution in [0.4, 0.5) is 5.69 Å². The van der Waals surface area contributed by atoms with Crippen molar-refractivity contribution in [2.45, 2.75) is 25.4 Å². The van der Waals surface area contributed by atoms with Gasteiger partial charge in [-0.1, -0.05) is 18.2 Å². The maximum absolute atomic E-state index is 11.2. The molecule has 1 N–H and O–H groups in total. The summed E-state index contributed by atoms with van der Waals surface area (Å²) in [5.74, 6) is 0. The smallest absolute Gasteiger partial charge is 0.106 e. The van der Waals surface area contributed by atoms with E-state index in [2.05, 4.69) is 23.1 Å². The number of aliphatic hydroxyl groups excluding tert-OH is 1. The molecule has 3 rings (SSSR count). The number of aryl methyl sites for hydroxylation is 2. The number of nitriles is 1. The fourth-order valence-electron chi connectivity index (χ4n) is 3.80.